The van der Waals surface area contributed by atoms with Crippen LogP contribution in [0.25, 0.3) is 0 Å². The Morgan fingerprint density at radius 2 is 1.56 bits per heavy atom. The van der Waals surface area contributed by atoms with Crippen LogP contribution in [0.3, 0.4) is 0 Å². The number of benzene rings is 1. The molecule has 0 amide bonds. The Balaban J connectivity index is -0.0000000939. The van der Waals surface area contributed by atoms with E-state index in [-0.39, 0.29) is 146 Å². The van der Waals surface area contributed by atoms with Crippen LogP contribution in [0.2, 0.25) is 0 Å². The monoisotopic (exact) mass is 544 g/mol. The molecular weight excluding hydrogens is 524 g/mol. The van der Waals surface area contributed by atoms with Crippen molar-refractivity contribution < 1.29 is 131 Å². The van der Waals surface area contributed by atoms with E-state index in [0.717, 1.165) is 0 Å². The minimum atomic E-state index is 0. The Hall–Kier alpha value is 3.51. The van der Waals surface area contributed by atoms with E-state index in [1.54, 1.807) is 5.92 Å². The van der Waals surface area contributed by atoms with Gasteiger partial charge in [0, 0.05) is 98.1 Å². The van der Waals surface area contributed by atoms with Crippen LogP contribution in [-0.4, -0.2) is 0 Å². The zero-order valence-electron chi connectivity index (χ0n) is 12.0. The standard InChI is InChI=1S/C12H14.2CH3.4Y/c1-9(2)10-3-5-11(6-4-10)12-7-8-12;;;;;;/h3-5,9H,7-8H2,1-2H3;2*1H3;;;;/q-2;2*-1;;;;+3. The molecule has 0 bridgehead atoms. The molecule has 1 fully saturated rings. The van der Waals surface area contributed by atoms with Crippen LogP contribution >= 0.6 is 0 Å². The minimum absolute atomic E-state index is 0. The van der Waals surface area contributed by atoms with E-state index in [4.69, 9.17) is 0 Å². The van der Waals surface area contributed by atoms with Crippen molar-refractivity contribution in [3.05, 3.63) is 56.2 Å². The summed E-state index contributed by atoms with van der Waals surface area (Å²) in [5.41, 5.74) is 2.72. The van der Waals surface area contributed by atoms with Crippen molar-refractivity contribution in [2.45, 2.75) is 32.6 Å². The van der Waals surface area contributed by atoms with Gasteiger partial charge in [0.1, 0.15) is 0 Å². The van der Waals surface area contributed by atoms with Crippen LogP contribution in [0.15, 0.2) is 18.2 Å². The molecule has 89 valence electrons. The quantitative estimate of drug-likeness (QED) is 0.490. The summed E-state index contributed by atoms with van der Waals surface area (Å²) in [5, 5.41) is 0. The molecule has 0 spiro atoms. The SMILES string of the molecule is CC(C)c1c[c-]c([C-]2CC2)cc1.[CH3-].[CH3-].[Y+3].[Y].[Y].[Y]. The predicted octanol–water partition coefficient (Wildman–Crippen LogP) is 4.22. The fraction of sp³-hybridized carbons (Fsp3) is 0.357. The Labute approximate surface area is 215 Å². The van der Waals surface area contributed by atoms with Gasteiger partial charge in [-0.25, -0.2) is 29.7 Å². The zero-order valence-corrected chi connectivity index (χ0v) is 23.4. The molecule has 1 aliphatic rings. The molecule has 1 aromatic rings. The molecule has 3 radical (unpaired) electrons. The molecule has 1 aliphatic carbocycles. The number of rotatable bonds is 2. The van der Waals surface area contributed by atoms with E-state index in [9.17, 15) is 0 Å². The van der Waals surface area contributed by atoms with Gasteiger partial charge < -0.3 is 14.9 Å². The summed E-state index contributed by atoms with van der Waals surface area (Å²) >= 11 is 0. The summed E-state index contributed by atoms with van der Waals surface area (Å²) in [6, 6.07) is 9.90. The Kier molecular flexibility index (Phi) is 31.1. The molecule has 1 aromatic carbocycles. The largest absolute Gasteiger partial charge is 3.00 e. The van der Waals surface area contributed by atoms with E-state index in [0.29, 0.717) is 5.92 Å². The average Bonchev–Trinajstić information content (AvgIpc) is 2.87. The number of hydrogen-bond donors (Lipinski definition) is 0. The van der Waals surface area contributed by atoms with Gasteiger partial charge in [0.2, 0.25) is 0 Å². The smallest absolute Gasteiger partial charge is 0.358 e. The second-order valence-electron chi connectivity index (χ2n) is 3.79. The van der Waals surface area contributed by atoms with Gasteiger partial charge in [0.15, 0.2) is 0 Å². The fourth-order valence-electron chi connectivity index (χ4n) is 1.35. The van der Waals surface area contributed by atoms with Crippen molar-refractivity contribution in [1.29, 1.82) is 0 Å². The van der Waals surface area contributed by atoms with Crippen LogP contribution in [0, 0.1) is 26.8 Å². The maximum Gasteiger partial charge on any atom is 3.00 e. The fourth-order valence-corrected chi connectivity index (χ4v) is 1.35. The molecule has 0 atom stereocenters. The van der Waals surface area contributed by atoms with Gasteiger partial charge >= 0.3 is 32.7 Å². The maximum absolute atomic E-state index is 3.34. The molecule has 0 N–H and O–H groups in total. The van der Waals surface area contributed by atoms with E-state index in [1.807, 2.05) is 0 Å². The molecule has 1 saturated carbocycles. The van der Waals surface area contributed by atoms with Gasteiger partial charge in [0.05, 0.1) is 0 Å². The average molecular weight is 544 g/mol. The van der Waals surface area contributed by atoms with Crippen LogP contribution in [-0.2, 0) is 131 Å². The predicted molar refractivity (Wildman–Crippen MR) is 63.8 cm³/mol. The van der Waals surface area contributed by atoms with Gasteiger partial charge in [-0.3, -0.25) is 11.6 Å². The van der Waals surface area contributed by atoms with E-state index in [1.165, 1.54) is 24.0 Å². The topological polar surface area (TPSA) is 0 Å². The Morgan fingerprint density at radius 3 is 1.83 bits per heavy atom. The summed E-state index contributed by atoms with van der Waals surface area (Å²) < 4.78 is 0. The first-order valence-corrected chi connectivity index (χ1v) is 4.64. The van der Waals surface area contributed by atoms with Crippen molar-refractivity contribution in [2.24, 2.45) is 0 Å². The van der Waals surface area contributed by atoms with E-state index >= 15 is 0 Å². The summed E-state index contributed by atoms with van der Waals surface area (Å²) in [6.07, 6.45) is 2.58. The Bertz CT molecular complexity index is 245. The molecule has 0 unspecified atom stereocenters. The summed E-state index contributed by atoms with van der Waals surface area (Å²) in [6.45, 7) is 4.43. The molecule has 2 rings (SSSR count). The zero-order chi connectivity index (χ0) is 8.55. The number of hydrogen-bond acceptors (Lipinski definition) is 0. The third-order valence-corrected chi connectivity index (χ3v) is 2.38. The van der Waals surface area contributed by atoms with Crippen molar-refractivity contribution >= 4 is 0 Å². The first kappa shape index (κ1) is 33.2. The van der Waals surface area contributed by atoms with Crippen LogP contribution in [0.4, 0.5) is 0 Å². The molecule has 0 heterocycles. The molecule has 0 nitrogen and oxygen atoms in total. The van der Waals surface area contributed by atoms with Gasteiger partial charge in [-0.15, -0.1) is 12.8 Å². The molecule has 0 aromatic heterocycles. The first-order valence-electron chi connectivity index (χ1n) is 4.64. The van der Waals surface area contributed by atoms with Gasteiger partial charge in [-0.1, -0.05) is 19.8 Å². The normalized spacial score (nSPS) is 10.3. The summed E-state index contributed by atoms with van der Waals surface area (Å²) in [4.78, 5) is 0. The van der Waals surface area contributed by atoms with Gasteiger partial charge in [0.25, 0.3) is 0 Å². The molecular formula is C14H20Y4-. The minimum Gasteiger partial charge on any atom is -0.358 e. The second-order valence-corrected chi connectivity index (χ2v) is 3.79. The van der Waals surface area contributed by atoms with Gasteiger partial charge in [-0.05, 0) is 0 Å². The third kappa shape index (κ3) is 11.1. The van der Waals surface area contributed by atoms with Crippen molar-refractivity contribution in [3.63, 3.8) is 0 Å². The van der Waals surface area contributed by atoms with E-state index in [2.05, 4.69) is 38.1 Å². The first-order chi connectivity index (χ1) is 5.77. The molecule has 0 saturated heterocycles. The molecule has 18 heavy (non-hydrogen) atoms. The van der Waals surface area contributed by atoms with Crippen molar-refractivity contribution in [2.75, 3.05) is 0 Å². The van der Waals surface area contributed by atoms with Crippen molar-refractivity contribution in [3.8, 4) is 0 Å². The van der Waals surface area contributed by atoms with Crippen LogP contribution < -0.4 is 0 Å². The third-order valence-electron chi connectivity index (χ3n) is 2.38. The second kappa shape index (κ2) is 16.9. The van der Waals surface area contributed by atoms with E-state index < -0.39 is 0 Å². The van der Waals surface area contributed by atoms with Crippen molar-refractivity contribution in [1.82, 2.24) is 0 Å². The van der Waals surface area contributed by atoms with Gasteiger partial charge in [-0.2, -0.15) is 0 Å². The maximum atomic E-state index is 3.34. The molecule has 4 heteroatoms. The van der Waals surface area contributed by atoms with Crippen LogP contribution in [0.5, 0.6) is 0 Å². The van der Waals surface area contributed by atoms with Crippen LogP contribution in [0.1, 0.15) is 43.7 Å². The molecule has 0 aliphatic heterocycles. The summed E-state index contributed by atoms with van der Waals surface area (Å²) in [7, 11) is 0. The summed E-state index contributed by atoms with van der Waals surface area (Å²) in [5.74, 6) is 2.20. The Morgan fingerprint density at radius 1 is 1.06 bits per heavy atom.